The summed E-state index contributed by atoms with van der Waals surface area (Å²) in [4.78, 5) is 10.6. The number of quaternary nitrogens is 1. The monoisotopic (exact) mass is 746 g/mol. The molecule has 0 aliphatic heterocycles. The van der Waals surface area contributed by atoms with Gasteiger partial charge in [-0.3, -0.25) is 0 Å². The van der Waals surface area contributed by atoms with Crippen molar-refractivity contribution in [1.82, 2.24) is 9.59 Å². The fraction of sp³-hybridized carbons (Fsp3) is 0.844. The number of hydrogen-bond acceptors (Lipinski definition) is 6. The lowest BCUT2D eigenvalue weighted by Gasteiger charge is -2.39. The van der Waals surface area contributed by atoms with E-state index in [-0.39, 0.29) is 5.56 Å². The molecule has 302 valence electrons. The van der Waals surface area contributed by atoms with Crippen molar-refractivity contribution in [1.29, 1.82) is 0 Å². The highest BCUT2D eigenvalue weighted by Crippen LogP contribution is 2.21. The molecule has 6 nitrogen and oxygen atoms in total. The number of aromatic carboxylic acids is 1. The van der Waals surface area contributed by atoms with Crippen LogP contribution in [0.25, 0.3) is 10.2 Å². The number of unbranched alkanes of at least 4 members (excludes halogenated alkanes) is 27. The topological polar surface area (TPSA) is 86.1 Å². The zero-order chi connectivity index (χ0) is 37.8. The summed E-state index contributed by atoms with van der Waals surface area (Å²) in [6, 6.07) is 4.82. The van der Waals surface area contributed by atoms with Crippen LogP contribution in [0.2, 0.25) is 0 Å². The Kier molecular flexibility index (Phi) is 32.8. The second-order valence-corrected chi connectivity index (χ2v) is 16.5. The number of rotatable bonds is 36. The Morgan fingerprint density at radius 1 is 0.558 bits per heavy atom. The summed E-state index contributed by atoms with van der Waals surface area (Å²) >= 11 is 1.06. The van der Waals surface area contributed by atoms with Gasteiger partial charge in [0.2, 0.25) is 0 Å². The highest BCUT2D eigenvalue weighted by atomic mass is 32.1. The van der Waals surface area contributed by atoms with Gasteiger partial charge in [-0.1, -0.05) is 191 Å². The van der Waals surface area contributed by atoms with Crippen LogP contribution in [0.1, 0.15) is 224 Å². The maximum atomic E-state index is 10.6. The molecule has 1 heterocycles. The lowest BCUT2D eigenvalue weighted by atomic mass is 10.0. The number of aliphatic hydroxyl groups is 1. The normalized spacial score (nSPS) is 11.6. The van der Waals surface area contributed by atoms with Gasteiger partial charge < -0.3 is 19.5 Å². The van der Waals surface area contributed by atoms with Gasteiger partial charge in [0.15, 0.2) is 0 Å². The van der Waals surface area contributed by atoms with Gasteiger partial charge in [0.25, 0.3) is 0 Å². The summed E-state index contributed by atoms with van der Waals surface area (Å²) in [6.07, 6.45) is 42.5. The van der Waals surface area contributed by atoms with E-state index in [1.165, 1.54) is 223 Å². The summed E-state index contributed by atoms with van der Waals surface area (Å²) < 4.78 is 5.42. The van der Waals surface area contributed by atoms with Crippen LogP contribution in [-0.2, 0) is 0 Å². The number of carboxylic acids is 1. The number of hydrogen-bond donors (Lipinski definition) is 1. The van der Waals surface area contributed by atoms with Crippen LogP contribution in [0.4, 0.5) is 0 Å². The molecule has 0 bridgehead atoms. The van der Waals surface area contributed by atoms with Crippen LogP contribution in [-0.4, -0.2) is 57.9 Å². The van der Waals surface area contributed by atoms with Crippen molar-refractivity contribution in [3.63, 3.8) is 0 Å². The first-order chi connectivity index (χ1) is 25.5. The Morgan fingerprint density at radius 2 is 0.904 bits per heavy atom. The van der Waals surface area contributed by atoms with Crippen LogP contribution in [0.5, 0.6) is 0 Å². The third kappa shape index (κ3) is 25.4. The Bertz CT molecular complexity index is 1000. The molecule has 0 aliphatic rings. The Hall–Kier alpha value is -1.57. The number of benzene rings is 1. The number of carbonyl (C=O) groups is 1. The van der Waals surface area contributed by atoms with Crippen molar-refractivity contribution < 1.29 is 19.5 Å². The van der Waals surface area contributed by atoms with Crippen LogP contribution in [0, 0.1) is 0 Å². The van der Waals surface area contributed by atoms with E-state index in [1.807, 2.05) is 0 Å². The van der Waals surface area contributed by atoms with E-state index in [4.69, 9.17) is 0 Å². The van der Waals surface area contributed by atoms with Crippen molar-refractivity contribution >= 4 is 27.7 Å². The van der Waals surface area contributed by atoms with E-state index in [2.05, 4.69) is 30.4 Å². The molecular weight excluding hydrogens is 663 g/mol. The quantitative estimate of drug-likeness (QED) is 0.0554. The average molecular weight is 746 g/mol. The van der Waals surface area contributed by atoms with Crippen molar-refractivity contribution in [3.8, 4) is 0 Å². The first kappa shape index (κ1) is 48.4. The second kappa shape index (κ2) is 35.2. The third-order valence-corrected chi connectivity index (χ3v) is 11.8. The van der Waals surface area contributed by atoms with Gasteiger partial charge in [0.05, 0.1) is 36.9 Å². The fourth-order valence-corrected chi connectivity index (χ4v) is 8.31. The molecule has 52 heavy (non-hydrogen) atoms. The largest absolute Gasteiger partial charge is 0.545 e. The van der Waals surface area contributed by atoms with Crippen molar-refractivity contribution in [2.24, 2.45) is 0 Å². The van der Waals surface area contributed by atoms with E-state index in [0.29, 0.717) is 16.8 Å². The molecule has 0 saturated carbocycles. The minimum Gasteiger partial charge on any atom is -0.545 e. The zero-order valence-electron chi connectivity index (χ0n) is 34.5. The number of fused-ring (bicyclic) bond motifs is 1. The molecule has 1 aromatic heterocycles. The van der Waals surface area contributed by atoms with Gasteiger partial charge in [-0.05, 0) is 56.1 Å². The van der Waals surface area contributed by atoms with E-state index >= 15 is 0 Å². The molecule has 0 atom stereocenters. The van der Waals surface area contributed by atoms with Gasteiger partial charge in [-0.25, -0.2) is 0 Å². The summed E-state index contributed by atoms with van der Waals surface area (Å²) in [5.74, 6) is -1.19. The fourth-order valence-electron chi connectivity index (χ4n) is 7.65. The minimum absolute atomic E-state index is 0.155. The van der Waals surface area contributed by atoms with Gasteiger partial charge in [-0.15, -0.1) is 5.10 Å². The van der Waals surface area contributed by atoms with E-state index < -0.39 is 5.97 Å². The lowest BCUT2D eigenvalue weighted by Crippen LogP contribution is -2.51. The molecule has 1 aromatic carbocycles. The van der Waals surface area contributed by atoms with Crippen LogP contribution < -0.4 is 5.11 Å². The minimum atomic E-state index is -1.19. The van der Waals surface area contributed by atoms with Crippen LogP contribution in [0.15, 0.2) is 18.2 Å². The van der Waals surface area contributed by atoms with Gasteiger partial charge in [0.1, 0.15) is 12.1 Å². The van der Waals surface area contributed by atoms with Gasteiger partial charge in [-0.2, -0.15) is 0 Å². The molecule has 2 rings (SSSR count). The van der Waals surface area contributed by atoms with Crippen LogP contribution >= 0.6 is 11.5 Å². The molecule has 0 aliphatic carbocycles. The Labute approximate surface area is 325 Å². The average Bonchev–Trinajstić information content (AvgIpc) is 3.64. The summed E-state index contributed by atoms with van der Waals surface area (Å²) in [7, 11) is 0. The number of carboxylic acid groups (broad SMARTS) is 1. The molecule has 0 amide bonds. The summed E-state index contributed by atoms with van der Waals surface area (Å²) in [5.41, 5.74) is 0.754. The van der Waals surface area contributed by atoms with E-state index in [0.717, 1.165) is 18.1 Å². The number of aromatic nitrogens is 2. The van der Waals surface area contributed by atoms with Crippen molar-refractivity contribution in [2.75, 3.05) is 32.8 Å². The highest BCUT2D eigenvalue weighted by Gasteiger charge is 2.25. The van der Waals surface area contributed by atoms with Gasteiger partial charge >= 0.3 is 0 Å². The molecule has 7 heteroatoms. The molecule has 2 aromatic rings. The molecule has 0 unspecified atom stereocenters. The van der Waals surface area contributed by atoms with Crippen molar-refractivity contribution in [3.05, 3.63) is 23.8 Å². The SMILES string of the molecule is CCCCCCCCCCCC[N+](CCO)(CCCCCCCCCCCC)CCCCCCCCCCCC.O=C([O-])c1cccc2nnsc12. The number of aliphatic hydroxyl groups excluding tert-OH is 1. The molecular formula is C45H83N3O3S. The van der Waals surface area contributed by atoms with Gasteiger partial charge in [0, 0.05) is 5.56 Å². The lowest BCUT2D eigenvalue weighted by molar-refractivity contribution is -0.929. The van der Waals surface area contributed by atoms with Crippen molar-refractivity contribution in [2.45, 2.75) is 213 Å². The smallest absolute Gasteiger partial charge is 0.106 e. The summed E-state index contributed by atoms with van der Waals surface area (Å²) in [6.45, 7) is 12.2. The predicted octanol–water partition coefficient (Wildman–Crippen LogP) is 12.6. The third-order valence-electron chi connectivity index (χ3n) is 11.0. The molecule has 0 fully saturated rings. The highest BCUT2D eigenvalue weighted by molar-refractivity contribution is 7.13. The zero-order valence-corrected chi connectivity index (χ0v) is 35.3. The second-order valence-electron chi connectivity index (χ2n) is 15.7. The van der Waals surface area contributed by atoms with E-state index in [9.17, 15) is 15.0 Å². The Morgan fingerprint density at radius 3 is 1.23 bits per heavy atom. The molecule has 0 spiro atoms. The maximum Gasteiger partial charge on any atom is 0.106 e. The molecule has 1 N–H and O–H groups in total. The molecule has 0 radical (unpaired) electrons. The molecule has 0 saturated heterocycles. The predicted molar refractivity (Wildman–Crippen MR) is 224 cm³/mol. The maximum absolute atomic E-state index is 10.6. The first-order valence-corrected chi connectivity index (χ1v) is 23.2. The van der Waals surface area contributed by atoms with Crippen LogP contribution in [0.3, 0.4) is 0 Å². The summed E-state index contributed by atoms with van der Waals surface area (Å²) in [5, 5.41) is 24.4. The number of nitrogens with zero attached hydrogens (tertiary/aromatic N) is 3. The van der Waals surface area contributed by atoms with E-state index in [1.54, 1.807) is 12.1 Å². The Balaban J connectivity index is 0.000000929. The first-order valence-electron chi connectivity index (χ1n) is 22.4. The number of carbonyl (C=O) groups excluding carboxylic acids is 1. The standard InChI is InChI=1S/C38H80NO.C7H4N2O2S/c1-4-7-10-13-16-19-22-25-28-31-34-39(37-38-40,35-32-29-26-23-20-17-14-11-8-5-2)36-33-30-27-24-21-18-15-12-9-6-3;10-7(11)4-2-1-3-5-6(4)12-9-8-5/h40H,4-38H2,1-3H3;1-3H,(H,10,11)/q+1;/p-1.